The first-order valence-corrected chi connectivity index (χ1v) is 6.13. The van der Waals surface area contributed by atoms with Gasteiger partial charge in [-0.3, -0.25) is 9.78 Å². The summed E-state index contributed by atoms with van der Waals surface area (Å²) in [5, 5.41) is 3.65. The zero-order valence-corrected chi connectivity index (χ0v) is 10.6. The molecule has 1 unspecified atom stereocenters. The second-order valence-electron chi connectivity index (χ2n) is 4.32. The van der Waals surface area contributed by atoms with E-state index in [0.29, 0.717) is 31.2 Å². The molecule has 1 atom stereocenters. The number of hydrogen-bond acceptors (Lipinski definition) is 7. The maximum absolute atomic E-state index is 12.2. The molecule has 0 aliphatic carbocycles. The van der Waals surface area contributed by atoms with Gasteiger partial charge in [-0.2, -0.15) is 0 Å². The van der Waals surface area contributed by atoms with E-state index in [1.54, 1.807) is 11.1 Å². The number of ether oxygens (including phenoxy) is 1. The molecular weight excluding hydrogens is 262 g/mol. The van der Waals surface area contributed by atoms with Gasteiger partial charge in [-0.25, -0.2) is 4.98 Å². The van der Waals surface area contributed by atoms with Gasteiger partial charge in [0.2, 0.25) is 0 Å². The van der Waals surface area contributed by atoms with Crippen molar-refractivity contribution in [2.75, 3.05) is 25.4 Å². The predicted octanol–water partition coefficient (Wildman–Crippen LogP) is 0.260. The van der Waals surface area contributed by atoms with E-state index in [2.05, 4.69) is 19.6 Å². The first-order chi connectivity index (χ1) is 9.75. The Hall–Kier alpha value is -2.48. The molecule has 0 bridgehead atoms. The molecule has 2 N–H and O–H groups in total. The van der Waals surface area contributed by atoms with E-state index in [0.717, 1.165) is 0 Å². The standard InChI is InChI=1S/C12H13N5O3/c13-11-10(14-2-3-15-11)9-7-17(4-6-19-9)12(18)8-1-5-20-16-8/h1-3,5,9H,4,6-7H2,(H2,13,15). The quantitative estimate of drug-likeness (QED) is 0.837. The van der Waals surface area contributed by atoms with Gasteiger partial charge in [0.15, 0.2) is 5.69 Å². The first kappa shape index (κ1) is 12.5. The molecule has 2 aromatic rings. The molecule has 1 aliphatic heterocycles. The highest BCUT2D eigenvalue weighted by molar-refractivity contribution is 5.92. The van der Waals surface area contributed by atoms with Gasteiger partial charge in [-0.15, -0.1) is 0 Å². The minimum Gasteiger partial charge on any atom is -0.382 e. The highest BCUT2D eigenvalue weighted by Gasteiger charge is 2.29. The monoisotopic (exact) mass is 275 g/mol. The Kier molecular flexibility index (Phi) is 3.30. The van der Waals surface area contributed by atoms with Gasteiger partial charge in [-0.05, 0) is 0 Å². The minimum absolute atomic E-state index is 0.200. The summed E-state index contributed by atoms with van der Waals surface area (Å²) in [5.74, 6) is 0.114. The average molecular weight is 275 g/mol. The van der Waals surface area contributed by atoms with Gasteiger partial charge in [0.25, 0.3) is 5.91 Å². The zero-order chi connectivity index (χ0) is 13.9. The number of carbonyl (C=O) groups is 1. The largest absolute Gasteiger partial charge is 0.382 e. The third-order valence-corrected chi connectivity index (χ3v) is 3.07. The van der Waals surface area contributed by atoms with Crippen LogP contribution < -0.4 is 5.73 Å². The Morgan fingerprint density at radius 3 is 3.00 bits per heavy atom. The van der Waals surface area contributed by atoms with Crippen molar-refractivity contribution in [1.29, 1.82) is 0 Å². The summed E-state index contributed by atoms with van der Waals surface area (Å²) in [6, 6.07) is 1.53. The van der Waals surface area contributed by atoms with Gasteiger partial charge >= 0.3 is 0 Å². The fraction of sp³-hybridized carbons (Fsp3) is 0.333. The average Bonchev–Trinajstić information content (AvgIpc) is 3.01. The molecule has 8 heteroatoms. The SMILES string of the molecule is Nc1nccnc1C1CN(C(=O)c2ccon2)CCO1. The molecule has 1 aliphatic rings. The molecule has 1 fully saturated rings. The summed E-state index contributed by atoms with van der Waals surface area (Å²) < 4.78 is 10.3. The Morgan fingerprint density at radius 2 is 2.25 bits per heavy atom. The lowest BCUT2D eigenvalue weighted by molar-refractivity contribution is -0.0248. The number of rotatable bonds is 2. The van der Waals surface area contributed by atoms with Crippen molar-refractivity contribution in [2.45, 2.75) is 6.10 Å². The summed E-state index contributed by atoms with van der Waals surface area (Å²) in [5.41, 5.74) is 6.61. The van der Waals surface area contributed by atoms with Crippen molar-refractivity contribution in [3.05, 3.63) is 36.1 Å². The molecule has 0 saturated carbocycles. The number of anilines is 1. The predicted molar refractivity (Wildman–Crippen MR) is 67.5 cm³/mol. The maximum atomic E-state index is 12.2. The van der Waals surface area contributed by atoms with E-state index in [9.17, 15) is 4.79 Å². The van der Waals surface area contributed by atoms with Crippen molar-refractivity contribution in [1.82, 2.24) is 20.0 Å². The smallest absolute Gasteiger partial charge is 0.276 e. The fourth-order valence-corrected chi connectivity index (χ4v) is 2.09. The van der Waals surface area contributed by atoms with E-state index in [1.165, 1.54) is 18.5 Å². The van der Waals surface area contributed by atoms with Crippen LogP contribution in [0.5, 0.6) is 0 Å². The molecule has 0 radical (unpaired) electrons. The summed E-state index contributed by atoms with van der Waals surface area (Å²) >= 11 is 0. The van der Waals surface area contributed by atoms with Crippen LogP contribution in [0.4, 0.5) is 5.82 Å². The Balaban J connectivity index is 1.77. The highest BCUT2D eigenvalue weighted by Crippen LogP contribution is 2.24. The number of aromatic nitrogens is 3. The third kappa shape index (κ3) is 2.32. The summed E-state index contributed by atoms with van der Waals surface area (Å²) in [4.78, 5) is 22.0. The molecular formula is C12H13N5O3. The second-order valence-corrected chi connectivity index (χ2v) is 4.32. The van der Waals surface area contributed by atoms with E-state index >= 15 is 0 Å². The number of carbonyl (C=O) groups excluding carboxylic acids is 1. The number of morpholine rings is 1. The Labute approximate surface area is 114 Å². The van der Waals surface area contributed by atoms with Crippen LogP contribution in [-0.4, -0.2) is 45.6 Å². The summed E-state index contributed by atoms with van der Waals surface area (Å²) in [7, 11) is 0. The third-order valence-electron chi connectivity index (χ3n) is 3.07. The number of amides is 1. The van der Waals surface area contributed by atoms with Crippen molar-refractivity contribution in [3.8, 4) is 0 Å². The molecule has 2 aromatic heterocycles. The van der Waals surface area contributed by atoms with Crippen molar-refractivity contribution in [3.63, 3.8) is 0 Å². The number of nitrogens with zero attached hydrogens (tertiary/aromatic N) is 4. The second kappa shape index (κ2) is 5.25. The van der Waals surface area contributed by atoms with Crippen LogP contribution in [-0.2, 0) is 4.74 Å². The lowest BCUT2D eigenvalue weighted by Crippen LogP contribution is -2.42. The molecule has 8 nitrogen and oxygen atoms in total. The van der Waals surface area contributed by atoms with Crippen molar-refractivity contribution >= 4 is 11.7 Å². The Morgan fingerprint density at radius 1 is 1.40 bits per heavy atom. The fourth-order valence-electron chi connectivity index (χ4n) is 2.09. The van der Waals surface area contributed by atoms with Crippen LogP contribution in [0.15, 0.2) is 29.2 Å². The lowest BCUT2D eigenvalue weighted by Gasteiger charge is -2.32. The molecule has 3 heterocycles. The van der Waals surface area contributed by atoms with Gasteiger partial charge in [0, 0.05) is 25.0 Å². The normalized spacial score (nSPS) is 19.0. The van der Waals surface area contributed by atoms with Crippen LogP contribution in [0.3, 0.4) is 0 Å². The lowest BCUT2D eigenvalue weighted by atomic mass is 10.2. The number of nitrogen functional groups attached to an aromatic ring is 1. The van der Waals surface area contributed by atoms with Gasteiger partial charge in [0.1, 0.15) is 23.9 Å². The number of hydrogen-bond donors (Lipinski definition) is 1. The van der Waals surface area contributed by atoms with Crippen LogP contribution in [0, 0.1) is 0 Å². The molecule has 1 saturated heterocycles. The van der Waals surface area contributed by atoms with Crippen LogP contribution in [0.1, 0.15) is 22.3 Å². The van der Waals surface area contributed by atoms with E-state index < -0.39 is 0 Å². The first-order valence-electron chi connectivity index (χ1n) is 6.13. The van der Waals surface area contributed by atoms with Gasteiger partial charge < -0.3 is 19.9 Å². The van der Waals surface area contributed by atoms with Gasteiger partial charge in [0.05, 0.1) is 13.2 Å². The van der Waals surface area contributed by atoms with Crippen LogP contribution >= 0.6 is 0 Å². The van der Waals surface area contributed by atoms with Crippen LogP contribution in [0.2, 0.25) is 0 Å². The maximum Gasteiger partial charge on any atom is 0.276 e. The topological polar surface area (TPSA) is 107 Å². The van der Waals surface area contributed by atoms with Crippen LogP contribution in [0.25, 0.3) is 0 Å². The molecule has 0 aromatic carbocycles. The summed E-state index contributed by atoms with van der Waals surface area (Å²) in [6.07, 6.45) is 4.05. The van der Waals surface area contributed by atoms with Crippen molar-refractivity contribution in [2.24, 2.45) is 0 Å². The Bertz CT molecular complexity index is 601. The zero-order valence-electron chi connectivity index (χ0n) is 10.6. The number of nitrogens with two attached hydrogens (primary N) is 1. The van der Waals surface area contributed by atoms with E-state index in [4.69, 9.17) is 10.5 Å². The van der Waals surface area contributed by atoms with E-state index in [-0.39, 0.29) is 17.7 Å². The van der Waals surface area contributed by atoms with Gasteiger partial charge in [-0.1, -0.05) is 5.16 Å². The van der Waals surface area contributed by atoms with Crippen molar-refractivity contribution < 1.29 is 14.1 Å². The molecule has 104 valence electrons. The minimum atomic E-state index is -0.381. The highest BCUT2D eigenvalue weighted by atomic mass is 16.5. The van der Waals surface area contributed by atoms with E-state index in [1.807, 2.05) is 0 Å². The molecule has 0 spiro atoms. The molecule has 3 rings (SSSR count). The molecule has 20 heavy (non-hydrogen) atoms. The molecule has 1 amide bonds. The summed E-state index contributed by atoms with van der Waals surface area (Å²) in [6.45, 7) is 1.25.